The molecule has 1 aliphatic rings. The average molecular weight is 544 g/mol. The minimum absolute atomic E-state index is 0.0204. The monoisotopic (exact) mass is 543 g/mol. The zero-order chi connectivity index (χ0) is 29.0. The van der Waals surface area contributed by atoms with Crippen molar-refractivity contribution >= 4 is 23.1 Å². The minimum Gasteiger partial charge on any atom is -0.507 e. The van der Waals surface area contributed by atoms with Crippen molar-refractivity contribution in [3.05, 3.63) is 89.0 Å². The molecule has 40 heavy (non-hydrogen) atoms. The Morgan fingerprint density at radius 3 is 1.88 bits per heavy atom. The molecule has 7 heteroatoms. The van der Waals surface area contributed by atoms with Gasteiger partial charge in [0.25, 0.3) is 11.7 Å². The first-order chi connectivity index (χ1) is 19.1. The van der Waals surface area contributed by atoms with Crippen molar-refractivity contribution in [2.75, 3.05) is 24.7 Å². The Balaban J connectivity index is 1.90. The van der Waals surface area contributed by atoms with Gasteiger partial charge in [0, 0.05) is 16.8 Å². The summed E-state index contributed by atoms with van der Waals surface area (Å²) in [5.74, 6) is 0.335. The Hall–Kier alpha value is -4.26. The van der Waals surface area contributed by atoms with E-state index in [0.29, 0.717) is 53.9 Å². The van der Waals surface area contributed by atoms with E-state index in [9.17, 15) is 14.7 Å². The number of amides is 1. The Morgan fingerprint density at radius 2 is 1.35 bits per heavy atom. The van der Waals surface area contributed by atoms with Crippen molar-refractivity contribution in [2.45, 2.75) is 53.0 Å². The van der Waals surface area contributed by atoms with Crippen LogP contribution in [0.2, 0.25) is 0 Å². The number of nitrogens with zero attached hydrogens (tertiary/aromatic N) is 1. The first-order valence-corrected chi connectivity index (χ1v) is 13.6. The summed E-state index contributed by atoms with van der Waals surface area (Å²) in [5, 5.41) is 11.7. The van der Waals surface area contributed by atoms with Gasteiger partial charge in [0.1, 0.15) is 23.0 Å². The highest BCUT2D eigenvalue weighted by Crippen LogP contribution is 2.43. The fourth-order valence-corrected chi connectivity index (χ4v) is 4.90. The lowest BCUT2D eigenvalue weighted by Crippen LogP contribution is -2.29. The molecule has 0 aromatic heterocycles. The van der Waals surface area contributed by atoms with E-state index in [1.54, 1.807) is 48.5 Å². The fraction of sp³-hybridized carbons (Fsp3) is 0.333. The van der Waals surface area contributed by atoms with Crippen molar-refractivity contribution in [2.24, 2.45) is 0 Å². The number of benzene rings is 3. The Kier molecular flexibility index (Phi) is 8.52. The van der Waals surface area contributed by atoms with Crippen molar-refractivity contribution in [3.8, 4) is 17.2 Å². The maximum absolute atomic E-state index is 13.6. The smallest absolute Gasteiger partial charge is 0.300 e. The normalized spacial score (nSPS) is 16.8. The van der Waals surface area contributed by atoms with Crippen LogP contribution in [0.3, 0.4) is 0 Å². The fourth-order valence-electron chi connectivity index (χ4n) is 4.90. The molecule has 0 aliphatic carbocycles. The molecule has 1 fully saturated rings. The van der Waals surface area contributed by atoms with Crippen LogP contribution in [0.15, 0.2) is 72.3 Å². The molecule has 1 unspecified atom stereocenters. The number of ketones is 1. The molecule has 0 saturated carbocycles. The number of anilines is 1. The third-order valence-corrected chi connectivity index (χ3v) is 6.74. The lowest BCUT2D eigenvalue weighted by molar-refractivity contribution is -0.132. The highest BCUT2D eigenvalue weighted by Gasteiger charge is 2.47. The maximum Gasteiger partial charge on any atom is 0.300 e. The Bertz CT molecular complexity index is 1400. The van der Waals surface area contributed by atoms with Gasteiger partial charge in [-0.25, -0.2) is 0 Å². The molecule has 210 valence electrons. The van der Waals surface area contributed by atoms with Crippen LogP contribution in [0.1, 0.15) is 64.3 Å². The van der Waals surface area contributed by atoms with Gasteiger partial charge in [-0.3, -0.25) is 14.5 Å². The SMILES string of the molecule is CCOc1ccc(C2/C(=C(/O)c3ccc(OCC)c(C(C)(C)C)c3)C(=O)C(=O)N2c2ccc(OCC)cc2)cc1. The number of ether oxygens (including phenoxy) is 3. The second-order valence-corrected chi connectivity index (χ2v) is 10.5. The van der Waals surface area contributed by atoms with Crippen LogP contribution in [0.5, 0.6) is 17.2 Å². The van der Waals surface area contributed by atoms with Gasteiger partial charge in [0.05, 0.1) is 31.4 Å². The van der Waals surface area contributed by atoms with Crippen LogP contribution in [0.25, 0.3) is 5.76 Å². The van der Waals surface area contributed by atoms with Crippen molar-refractivity contribution in [1.29, 1.82) is 0 Å². The summed E-state index contributed by atoms with van der Waals surface area (Å²) in [5.41, 5.74) is 2.24. The van der Waals surface area contributed by atoms with Crippen LogP contribution in [0.4, 0.5) is 5.69 Å². The van der Waals surface area contributed by atoms with Gasteiger partial charge in [-0.2, -0.15) is 0 Å². The van der Waals surface area contributed by atoms with E-state index in [0.717, 1.165) is 5.56 Å². The third-order valence-electron chi connectivity index (χ3n) is 6.74. The van der Waals surface area contributed by atoms with Crippen LogP contribution >= 0.6 is 0 Å². The molecule has 1 N–H and O–H groups in total. The summed E-state index contributed by atoms with van der Waals surface area (Å²) in [6.07, 6.45) is 0. The van der Waals surface area contributed by atoms with Gasteiger partial charge < -0.3 is 19.3 Å². The van der Waals surface area contributed by atoms with Crippen molar-refractivity contribution < 1.29 is 28.9 Å². The van der Waals surface area contributed by atoms with E-state index in [1.807, 2.05) is 39.0 Å². The lowest BCUT2D eigenvalue weighted by atomic mass is 9.84. The number of carbonyl (C=O) groups is 2. The molecule has 3 aromatic rings. The first-order valence-electron chi connectivity index (χ1n) is 13.6. The lowest BCUT2D eigenvalue weighted by Gasteiger charge is -2.26. The Labute approximate surface area is 236 Å². The molecule has 1 heterocycles. The number of carbonyl (C=O) groups excluding carboxylic acids is 2. The predicted molar refractivity (Wildman–Crippen MR) is 156 cm³/mol. The predicted octanol–water partition coefficient (Wildman–Crippen LogP) is 6.81. The van der Waals surface area contributed by atoms with E-state index in [1.165, 1.54) is 4.90 Å². The van der Waals surface area contributed by atoms with Gasteiger partial charge >= 0.3 is 0 Å². The molecule has 1 atom stereocenters. The molecule has 1 amide bonds. The summed E-state index contributed by atoms with van der Waals surface area (Å²) < 4.78 is 17.0. The molecule has 1 aliphatic heterocycles. The highest BCUT2D eigenvalue weighted by atomic mass is 16.5. The standard InChI is InChI=1S/C33H37NO6/c1-7-38-24-15-10-21(11-16-24)29-28(30(35)22-12-19-27(40-9-3)26(20-22)33(4,5)6)31(36)32(37)34(29)23-13-17-25(18-14-23)39-8-2/h10-20,29,35H,7-9H2,1-6H3/b30-28-. The van der Waals surface area contributed by atoms with Gasteiger partial charge in [0.15, 0.2) is 0 Å². The second kappa shape index (κ2) is 11.9. The van der Waals surface area contributed by atoms with Crippen molar-refractivity contribution in [3.63, 3.8) is 0 Å². The summed E-state index contributed by atoms with van der Waals surface area (Å²) in [7, 11) is 0. The van der Waals surface area contributed by atoms with Gasteiger partial charge in [-0.1, -0.05) is 32.9 Å². The number of aliphatic hydroxyl groups excluding tert-OH is 1. The summed E-state index contributed by atoms with van der Waals surface area (Å²) in [4.78, 5) is 28.6. The third kappa shape index (κ3) is 5.69. The molecule has 3 aromatic carbocycles. The van der Waals surface area contributed by atoms with E-state index in [-0.39, 0.29) is 16.7 Å². The summed E-state index contributed by atoms with van der Waals surface area (Å²) >= 11 is 0. The zero-order valence-corrected chi connectivity index (χ0v) is 24.0. The number of hydrogen-bond acceptors (Lipinski definition) is 6. The number of Topliss-reactive ketones (excluding diaryl/α,β-unsaturated/α-hetero) is 1. The number of rotatable bonds is 9. The van der Waals surface area contributed by atoms with Gasteiger partial charge in [-0.05, 0) is 86.3 Å². The van der Waals surface area contributed by atoms with E-state index >= 15 is 0 Å². The zero-order valence-electron chi connectivity index (χ0n) is 24.0. The molecule has 0 radical (unpaired) electrons. The van der Waals surface area contributed by atoms with Crippen LogP contribution < -0.4 is 19.1 Å². The van der Waals surface area contributed by atoms with E-state index < -0.39 is 17.7 Å². The largest absolute Gasteiger partial charge is 0.507 e. The van der Waals surface area contributed by atoms with Gasteiger partial charge in [-0.15, -0.1) is 0 Å². The molecule has 4 rings (SSSR count). The molecule has 0 spiro atoms. The molecular formula is C33H37NO6. The van der Waals surface area contributed by atoms with Crippen molar-refractivity contribution in [1.82, 2.24) is 0 Å². The van der Waals surface area contributed by atoms with Crippen LogP contribution in [0, 0.1) is 0 Å². The first kappa shape index (κ1) is 28.7. The van der Waals surface area contributed by atoms with Crippen LogP contribution in [-0.2, 0) is 15.0 Å². The number of hydrogen-bond donors (Lipinski definition) is 1. The Morgan fingerprint density at radius 1 is 0.800 bits per heavy atom. The van der Waals surface area contributed by atoms with E-state index in [4.69, 9.17) is 14.2 Å². The molecule has 1 saturated heterocycles. The molecular weight excluding hydrogens is 506 g/mol. The van der Waals surface area contributed by atoms with Crippen LogP contribution in [-0.4, -0.2) is 36.6 Å². The summed E-state index contributed by atoms with van der Waals surface area (Å²) in [6, 6.07) is 18.7. The highest BCUT2D eigenvalue weighted by molar-refractivity contribution is 6.51. The summed E-state index contributed by atoms with van der Waals surface area (Å²) in [6.45, 7) is 13.4. The minimum atomic E-state index is -0.849. The number of aliphatic hydroxyl groups is 1. The second-order valence-electron chi connectivity index (χ2n) is 10.5. The molecule has 7 nitrogen and oxygen atoms in total. The van der Waals surface area contributed by atoms with E-state index in [2.05, 4.69) is 20.8 Å². The topological polar surface area (TPSA) is 85.3 Å². The maximum atomic E-state index is 13.6. The molecule has 0 bridgehead atoms. The van der Waals surface area contributed by atoms with Gasteiger partial charge in [0.2, 0.25) is 0 Å². The quantitative estimate of drug-likeness (QED) is 0.181. The average Bonchev–Trinajstić information content (AvgIpc) is 3.19.